The smallest absolute Gasteiger partial charge is 0.152 e. The molecule has 3 heteroatoms. The van der Waals surface area contributed by atoms with Crippen LogP contribution >= 0.6 is 0 Å². The number of aryl methyl sites for hydroxylation is 1. The Morgan fingerprint density at radius 3 is 1.96 bits per heavy atom. The van der Waals surface area contributed by atoms with Gasteiger partial charge in [-0.15, -0.1) is 0 Å². The van der Waals surface area contributed by atoms with Gasteiger partial charge in [0.15, 0.2) is 11.5 Å². The highest BCUT2D eigenvalue weighted by molar-refractivity contribution is 5.99. The first-order chi connectivity index (χ1) is 25.2. The van der Waals surface area contributed by atoms with Crippen molar-refractivity contribution in [1.82, 2.24) is 0 Å². The maximum Gasteiger partial charge on any atom is 0.152 e. The molecule has 0 unspecified atom stereocenters. The van der Waals surface area contributed by atoms with Crippen molar-refractivity contribution in [2.45, 2.75) is 45.4 Å². The van der Waals surface area contributed by atoms with Gasteiger partial charge in [0, 0.05) is 27.8 Å². The number of benzene rings is 7. The van der Waals surface area contributed by atoms with Crippen LogP contribution in [0, 0.1) is 6.92 Å². The molecule has 252 valence electrons. The number of ether oxygens (including phenoxy) is 1. The molecule has 0 saturated heterocycles. The van der Waals surface area contributed by atoms with E-state index in [4.69, 9.17) is 4.74 Å². The van der Waals surface area contributed by atoms with E-state index in [9.17, 15) is 0 Å². The Labute approximate surface area is 306 Å². The summed E-state index contributed by atoms with van der Waals surface area (Å²) in [6.07, 6.45) is 0. The Bertz CT molecular complexity index is 2560. The van der Waals surface area contributed by atoms with Crippen LogP contribution in [0.4, 0.5) is 34.1 Å². The molecule has 3 aliphatic rings. The Kier molecular flexibility index (Phi) is 6.48. The second kappa shape index (κ2) is 11.0. The molecular formula is C49H40N2O. The predicted molar refractivity (Wildman–Crippen MR) is 216 cm³/mol. The molecule has 0 spiro atoms. The average molecular weight is 673 g/mol. The zero-order chi connectivity index (χ0) is 35.4. The van der Waals surface area contributed by atoms with Crippen LogP contribution in [0.2, 0.25) is 0 Å². The van der Waals surface area contributed by atoms with Crippen molar-refractivity contribution in [1.29, 1.82) is 0 Å². The average Bonchev–Trinajstić information content (AvgIpc) is 3.40. The molecule has 0 fully saturated rings. The fraction of sp³-hybridized carbons (Fsp3) is 0.143. The molecule has 0 saturated carbocycles. The number of anilines is 6. The van der Waals surface area contributed by atoms with Crippen LogP contribution in [0.15, 0.2) is 152 Å². The number of fused-ring (bicyclic) bond motifs is 7. The summed E-state index contributed by atoms with van der Waals surface area (Å²) >= 11 is 0. The highest BCUT2D eigenvalue weighted by Crippen LogP contribution is 2.63. The Morgan fingerprint density at radius 2 is 1.15 bits per heavy atom. The van der Waals surface area contributed by atoms with Crippen LogP contribution in [0.25, 0.3) is 22.3 Å². The second-order valence-corrected chi connectivity index (χ2v) is 15.5. The first kappa shape index (κ1) is 30.7. The first-order valence-electron chi connectivity index (χ1n) is 18.3. The van der Waals surface area contributed by atoms with E-state index in [-0.39, 0.29) is 10.8 Å². The molecule has 3 nitrogen and oxygen atoms in total. The molecule has 2 heterocycles. The summed E-state index contributed by atoms with van der Waals surface area (Å²) in [6, 6.07) is 55.4. The maximum atomic E-state index is 6.79. The standard InChI is InChI=1S/C49H40N2O/c1-31-14-13-21-43-46(31)51-41-20-12-11-19-39(41)49(4,5)45-42(28-29-44(52-43)47(45)51)50(34-24-22-33(23-25-34)32-15-7-6-8-16-32)35-26-27-37-36-17-9-10-18-38(36)48(2,3)40(37)30-35/h6-30H,1-5H3. The third kappa shape index (κ3) is 4.26. The van der Waals surface area contributed by atoms with E-state index < -0.39 is 0 Å². The fourth-order valence-electron chi connectivity index (χ4n) is 9.16. The number of nitrogens with zero attached hydrogens (tertiary/aromatic N) is 2. The van der Waals surface area contributed by atoms with Gasteiger partial charge in [0.2, 0.25) is 0 Å². The van der Waals surface area contributed by atoms with E-state index in [1.165, 1.54) is 55.8 Å². The van der Waals surface area contributed by atoms with Gasteiger partial charge in [-0.05, 0) is 100.0 Å². The monoisotopic (exact) mass is 672 g/mol. The minimum absolute atomic E-state index is 0.126. The van der Waals surface area contributed by atoms with Crippen molar-refractivity contribution in [2.24, 2.45) is 0 Å². The van der Waals surface area contributed by atoms with E-state index in [2.05, 4.69) is 196 Å². The van der Waals surface area contributed by atoms with Crippen molar-refractivity contribution in [3.8, 4) is 33.8 Å². The van der Waals surface area contributed by atoms with Gasteiger partial charge < -0.3 is 14.5 Å². The summed E-state index contributed by atoms with van der Waals surface area (Å²) < 4.78 is 6.79. The van der Waals surface area contributed by atoms with E-state index in [1.807, 2.05) is 0 Å². The van der Waals surface area contributed by atoms with Gasteiger partial charge in [0.1, 0.15) is 0 Å². The SMILES string of the molecule is Cc1cccc2c1N1c3ccccc3C(C)(C)c3c(N(c4ccc(-c5ccccc5)cc4)c4ccc5c(c4)C(C)(C)c4ccccc4-5)ccc(c31)O2. The largest absolute Gasteiger partial charge is 0.453 e. The predicted octanol–water partition coefficient (Wildman–Crippen LogP) is 13.7. The van der Waals surface area contributed by atoms with Crippen LogP contribution in [0.1, 0.15) is 55.5 Å². The molecule has 0 radical (unpaired) electrons. The van der Waals surface area contributed by atoms with Crippen molar-refractivity contribution < 1.29 is 4.74 Å². The van der Waals surface area contributed by atoms with E-state index in [0.717, 1.165) is 39.9 Å². The van der Waals surface area contributed by atoms with Gasteiger partial charge in [-0.25, -0.2) is 0 Å². The third-order valence-corrected chi connectivity index (χ3v) is 11.7. The Balaban J connectivity index is 1.24. The van der Waals surface area contributed by atoms with Crippen LogP contribution in [-0.2, 0) is 10.8 Å². The number of hydrogen-bond donors (Lipinski definition) is 0. The van der Waals surface area contributed by atoms with Crippen molar-refractivity contribution >= 4 is 34.1 Å². The summed E-state index contributed by atoms with van der Waals surface area (Å²) in [4.78, 5) is 4.94. The molecule has 10 rings (SSSR count). The van der Waals surface area contributed by atoms with Gasteiger partial charge in [-0.1, -0.05) is 131 Å². The minimum atomic E-state index is -0.341. The van der Waals surface area contributed by atoms with Crippen LogP contribution in [-0.4, -0.2) is 0 Å². The molecule has 1 aliphatic carbocycles. The first-order valence-corrected chi connectivity index (χ1v) is 18.3. The lowest BCUT2D eigenvalue weighted by Crippen LogP contribution is -2.34. The summed E-state index contributed by atoms with van der Waals surface area (Å²) in [5.41, 5.74) is 17.8. The molecule has 2 aliphatic heterocycles. The topological polar surface area (TPSA) is 15.7 Å². The van der Waals surface area contributed by atoms with Gasteiger partial charge in [-0.2, -0.15) is 0 Å². The summed E-state index contributed by atoms with van der Waals surface area (Å²) in [7, 11) is 0. The molecule has 52 heavy (non-hydrogen) atoms. The highest BCUT2D eigenvalue weighted by Gasteiger charge is 2.45. The third-order valence-electron chi connectivity index (χ3n) is 11.7. The zero-order valence-corrected chi connectivity index (χ0v) is 30.2. The Morgan fingerprint density at radius 1 is 0.500 bits per heavy atom. The lowest BCUT2D eigenvalue weighted by atomic mass is 9.72. The summed E-state index contributed by atoms with van der Waals surface area (Å²) in [6.45, 7) is 11.6. The van der Waals surface area contributed by atoms with Crippen LogP contribution < -0.4 is 14.5 Å². The van der Waals surface area contributed by atoms with Crippen molar-refractivity contribution in [3.05, 3.63) is 179 Å². The summed E-state index contributed by atoms with van der Waals surface area (Å²) in [5.74, 6) is 1.76. The molecule has 0 amide bonds. The number of rotatable bonds is 4. The van der Waals surface area contributed by atoms with Crippen molar-refractivity contribution in [3.63, 3.8) is 0 Å². The molecule has 7 aromatic rings. The number of hydrogen-bond acceptors (Lipinski definition) is 3. The van der Waals surface area contributed by atoms with E-state index in [1.54, 1.807) is 0 Å². The molecule has 0 N–H and O–H groups in total. The van der Waals surface area contributed by atoms with Gasteiger partial charge in [-0.3, -0.25) is 0 Å². The summed E-state index contributed by atoms with van der Waals surface area (Å²) in [5, 5.41) is 0. The Hall–Kier alpha value is -6.06. The second-order valence-electron chi connectivity index (χ2n) is 15.5. The van der Waals surface area contributed by atoms with E-state index >= 15 is 0 Å². The van der Waals surface area contributed by atoms with E-state index in [0.29, 0.717) is 0 Å². The number of para-hydroxylation sites is 2. The lowest BCUT2D eigenvalue weighted by molar-refractivity contribution is 0.471. The van der Waals surface area contributed by atoms with Crippen LogP contribution in [0.3, 0.4) is 0 Å². The van der Waals surface area contributed by atoms with Crippen LogP contribution in [0.5, 0.6) is 11.5 Å². The lowest BCUT2D eigenvalue weighted by Gasteiger charge is -2.47. The normalized spacial score (nSPS) is 15.1. The minimum Gasteiger partial charge on any atom is -0.453 e. The molecule has 0 bridgehead atoms. The van der Waals surface area contributed by atoms with Gasteiger partial charge in [0.25, 0.3) is 0 Å². The highest BCUT2D eigenvalue weighted by atomic mass is 16.5. The molecule has 0 atom stereocenters. The molecule has 0 aromatic heterocycles. The fourth-order valence-corrected chi connectivity index (χ4v) is 9.16. The molecular weight excluding hydrogens is 633 g/mol. The quantitative estimate of drug-likeness (QED) is 0.185. The van der Waals surface area contributed by atoms with Gasteiger partial charge in [0.05, 0.1) is 22.7 Å². The molecule has 7 aromatic carbocycles. The van der Waals surface area contributed by atoms with Gasteiger partial charge >= 0.3 is 0 Å². The maximum absolute atomic E-state index is 6.79. The zero-order valence-electron chi connectivity index (χ0n) is 30.2. The van der Waals surface area contributed by atoms with Crippen molar-refractivity contribution in [2.75, 3.05) is 9.80 Å².